The average Bonchev–Trinajstić information content (AvgIpc) is 3.37. The maximum Gasteiger partial charge on any atom is 0.410 e. The number of carbonyl (C=O) groups excluding carboxylic acids is 1. The molecule has 2 N–H and O–H groups in total. The van der Waals surface area contributed by atoms with Crippen molar-refractivity contribution in [3.05, 3.63) is 64.8 Å². The third-order valence-corrected chi connectivity index (χ3v) is 7.47. The molecule has 2 aromatic heterocycles. The molecule has 0 aliphatic carbocycles. The summed E-state index contributed by atoms with van der Waals surface area (Å²) in [5.74, 6) is 0.347. The Kier molecular flexibility index (Phi) is 7.46. The molecule has 1 amide bonds. The summed E-state index contributed by atoms with van der Waals surface area (Å²) in [7, 11) is 1.59. The van der Waals surface area contributed by atoms with Crippen molar-refractivity contribution in [2.24, 2.45) is 0 Å². The van der Waals surface area contributed by atoms with Gasteiger partial charge in [0.25, 0.3) is 0 Å². The van der Waals surface area contributed by atoms with Crippen molar-refractivity contribution >= 4 is 33.3 Å². The number of nitrogen functional groups attached to an aromatic ring is 1. The highest BCUT2D eigenvalue weighted by atomic mass is 32.1. The number of hydrogen-bond donors (Lipinski definition) is 1. The highest BCUT2D eigenvalue weighted by molar-refractivity contribution is 7.18. The Labute approximate surface area is 231 Å². The molecule has 0 radical (unpaired) electrons. The second-order valence-corrected chi connectivity index (χ2v) is 11.4. The van der Waals surface area contributed by atoms with Gasteiger partial charge in [-0.1, -0.05) is 12.1 Å². The predicted octanol–water partition coefficient (Wildman–Crippen LogP) is 6.67. The maximum absolute atomic E-state index is 14.1. The zero-order valence-electron chi connectivity index (χ0n) is 22.5. The number of halogens is 1. The quantitative estimate of drug-likeness (QED) is 0.270. The van der Waals surface area contributed by atoms with Gasteiger partial charge in [-0.25, -0.2) is 14.2 Å². The number of anilines is 1. The van der Waals surface area contributed by atoms with Crippen LogP contribution in [0.3, 0.4) is 0 Å². The Balaban J connectivity index is 1.49. The van der Waals surface area contributed by atoms with E-state index in [9.17, 15) is 9.18 Å². The molecule has 0 fully saturated rings. The van der Waals surface area contributed by atoms with E-state index in [4.69, 9.17) is 24.9 Å². The van der Waals surface area contributed by atoms with Gasteiger partial charge in [0.05, 0.1) is 12.3 Å². The number of benzene rings is 2. The molecule has 2 aromatic carbocycles. The molecule has 0 saturated carbocycles. The number of amides is 1. The number of nitrogens with two attached hydrogens (primary N) is 1. The molecule has 1 aliphatic rings. The Morgan fingerprint density at radius 1 is 1.13 bits per heavy atom. The summed E-state index contributed by atoms with van der Waals surface area (Å²) in [6.45, 7) is 7.37. The van der Waals surface area contributed by atoms with Crippen molar-refractivity contribution < 1.29 is 23.4 Å². The molecule has 5 rings (SSSR count). The van der Waals surface area contributed by atoms with Gasteiger partial charge in [-0.15, -0.1) is 11.3 Å². The molecular formula is C30H32FN3O4S. The summed E-state index contributed by atoms with van der Waals surface area (Å²) in [6, 6.07) is 12.7. The molecule has 3 heterocycles. The van der Waals surface area contributed by atoms with Crippen LogP contribution in [0.5, 0.6) is 5.75 Å². The van der Waals surface area contributed by atoms with E-state index >= 15 is 0 Å². The lowest BCUT2D eigenvalue weighted by molar-refractivity contribution is 0.0224. The van der Waals surface area contributed by atoms with Crippen LogP contribution in [0.2, 0.25) is 0 Å². The summed E-state index contributed by atoms with van der Waals surface area (Å²) in [5.41, 5.74) is 11.5. The smallest absolute Gasteiger partial charge is 0.410 e. The molecule has 1 aliphatic heterocycles. The first-order chi connectivity index (χ1) is 18.6. The molecule has 0 atom stereocenters. The fourth-order valence-electron chi connectivity index (χ4n) is 4.76. The van der Waals surface area contributed by atoms with E-state index in [1.165, 1.54) is 17.7 Å². The van der Waals surface area contributed by atoms with Gasteiger partial charge in [0.15, 0.2) is 0 Å². The number of pyridine rings is 1. The Bertz CT molecular complexity index is 1530. The van der Waals surface area contributed by atoms with E-state index in [0.717, 1.165) is 38.9 Å². The third kappa shape index (κ3) is 5.69. The molecule has 0 spiro atoms. The van der Waals surface area contributed by atoms with Crippen LogP contribution in [0, 0.1) is 5.82 Å². The zero-order valence-corrected chi connectivity index (χ0v) is 23.4. The van der Waals surface area contributed by atoms with Crippen molar-refractivity contribution in [3.8, 4) is 28.1 Å². The third-order valence-electron chi connectivity index (χ3n) is 6.54. The highest BCUT2D eigenvalue weighted by Gasteiger charge is 2.26. The minimum atomic E-state index is -0.532. The molecule has 39 heavy (non-hydrogen) atoms. The van der Waals surface area contributed by atoms with Gasteiger partial charge in [-0.2, -0.15) is 0 Å². The maximum atomic E-state index is 14.1. The van der Waals surface area contributed by atoms with Crippen LogP contribution < -0.4 is 10.5 Å². The van der Waals surface area contributed by atoms with E-state index in [1.807, 2.05) is 44.4 Å². The SMILES string of the molecule is COCCOc1cc(F)ccc1-c1c(N)nc(-c2ccc3c(c2)CCN(C(=O)OC(C)(C)C)C3)c2ccsc12. The fraction of sp³-hybridized carbons (Fsp3) is 0.333. The standard InChI is InChI=1S/C30H32FN3O4S/c1-30(2,3)38-29(35)34-11-9-18-15-19(5-6-20(18)17-34)26-23-10-14-39-27(23)25(28(32)33-26)22-8-7-21(31)16-24(22)37-13-12-36-4/h5-8,10,14-16H,9,11-13,17H2,1-4H3,(H2,32,33). The molecule has 7 nitrogen and oxygen atoms in total. The first-order valence-corrected chi connectivity index (χ1v) is 13.7. The van der Waals surface area contributed by atoms with Gasteiger partial charge in [0, 0.05) is 53.0 Å². The van der Waals surface area contributed by atoms with E-state index in [-0.39, 0.29) is 12.7 Å². The van der Waals surface area contributed by atoms with Crippen molar-refractivity contribution in [2.45, 2.75) is 39.3 Å². The van der Waals surface area contributed by atoms with Crippen molar-refractivity contribution in [1.82, 2.24) is 9.88 Å². The summed E-state index contributed by atoms with van der Waals surface area (Å²) >= 11 is 1.56. The number of aromatic nitrogens is 1. The fourth-order valence-corrected chi connectivity index (χ4v) is 5.73. The van der Waals surface area contributed by atoms with Gasteiger partial charge in [0.2, 0.25) is 0 Å². The van der Waals surface area contributed by atoms with Gasteiger partial charge < -0.3 is 24.8 Å². The van der Waals surface area contributed by atoms with E-state index in [2.05, 4.69) is 6.07 Å². The lowest BCUT2D eigenvalue weighted by atomic mass is 9.94. The molecule has 0 bridgehead atoms. The van der Waals surface area contributed by atoms with Gasteiger partial charge >= 0.3 is 6.09 Å². The first kappa shape index (κ1) is 26.9. The van der Waals surface area contributed by atoms with Crippen molar-refractivity contribution in [3.63, 3.8) is 0 Å². The van der Waals surface area contributed by atoms with Gasteiger partial charge in [-0.05, 0) is 68.0 Å². The summed E-state index contributed by atoms with van der Waals surface area (Å²) in [4.78, 5) is 19.2. The average molecular weight is 550 g/mol. The van der Waals surface area contributed by atoms with Crippen LogP contribution in [0.15, 0.2) is 47.8 Å². The Morgan fingerprint density at radius 2 is 1.95 bits per heavy atom. The largest absolute Gasteiger partial charge is 0.490 e. The number of thiophene rings is 1. The molecule has 9 heteroatoms. The summed E-state index contributed by atoms with van der Waals surface area (Å²) in [6.07, 6.45) is 0.425. The van der Waals surface area contributed by atoms with E-state index in [0.29, 0.717) is 36.8 Å². The summed E-state index contributed by atoms with van der Waals surface area (Å²) < 4.78 is 31.5. The molecule has 4 aromatic rings. The van der Waals surface area contributed by atoms with Gasteiger partial charge in [-0.3, -0.25) is 0 Å². The van der Waals surface area contributed by atoms with Gasteiger partial charge in [0.1, 0.15) is 29.6 Å². The molecule has 0 saturated heterocycles. The lowest BCUT2D eigenvalue weighted by Crippen LogP contribution is -2.39. The number of fused-ring (bicyclic) bond motifs is 2. The first-order valence-electron chi connectivity index (χ1n) is 12.8. The van der Waals surface area contributed by atoms with Crippen LogP contribution >= 0.6 is 11.3 Å². The predicted molar refractivity (Wildman–Crippen MR) is 153 cm³/mol. The van der Waals surface area contributed by atoms with E-state index in [1.54, 1.807) is 29.4 Å². The minimum absolute atomic E-state index is 0.284. The Morgan fingerprint density at radius 3 is 2.72 bits per heavy atom. The minimum Gasteiger partial charge on any atom is -0.490 e. The second-order valence-electron chi connectivity index (χ2n) is 10.5. The highest BCUT2D eigenvalue weighted by Crippen LogP contribution is 2.44. The summed E-state index contributed by atoms with van der Waals surface area (Å²) in [5, 5.41) is 2.97. The van der Waals surface area contributed by atoms with Crippen molar-refractivity contribution in [1.29, 1.82) is 0 Å². The molecular weight excluding hydrogens is 517 g/mol. The molecule has 204 valence electrons. The van der Waals surface area contributed by atoms with Crippen molar-refractivity contribution in [2.75, 3.05) is 32.6 Å². The van der Waals surface area contributed by atoms with Crippen LogP contribution in [0.4, 0.5) is 15.0 Å². The number of nitrogens with zero attached hydrogens (tertiary/aromatic N) is 2. The Hall–Kier alpha value is -3.69. The number of methoxy groups -OCH3 is 1. The number of hydrogen-bond acceptors (Lipinski definition) is 7. The lowest BCUT2D eigenvalue weighted by Gasteiger charge is -2.31. The van der Waals surface area contributed by atoms with Crippen LogP contribution in [-0.2, 0) is 22.4 Å². The topological polar surface area (TPSA) is 86.9 Å². The van der Waals surface area contributed by atoms with E-state index < -0.39 is 11.4 Å². The van der Waals surface area contributed by atoms with Crippen LogP contribution in [0.1, 0.15) is 31.9 Å². The number of carbonyl (C=O) groups is 1. The normalized spacial score (nSPS) is 13.4. The number of ether oxygens (including phenoxy) is 3. The monoisotopic (exact) mass is 549 g/mol. The van der Waals surface area contributed by atoms with Crippen LogP contribution in [-0.4, -0.2) is 48.4 Å². The van der Waals surface area contributed by atoms with Crippen LogP contribution in [0.25, 0.3) is 32.5 Å². The second kappa shape index (κ2) is 10.8. The zero-order chi connectivity index (χ0) is 27.7. The molecule has 0 unspecified atom stereocenters. The number of rotatable bonds is 6.